The lowest BCUT2D eigenvalue weighted by Crippen LogP contribution is -2.41. The molecule has 1 amide bonds. The molecule has 0 atom stereocenters. The second-order valence-corrected chi connectivity index (χ2v) is 4.61. The fourth-order valence-electron chi connectivity index (χ4n) is 1.59. The predicted octanol–water partition coefficient (Wildman–Crippen LogP) is 1.07. The Labute approximate surface area is 132 Å². The molecule has 0 radical (unpaired) electrons. The van der Waals surface area contributed by atoms with E-state index < -0.39 is 16.8 Å². The van der Waals surface area contributed by atoms with Crippen molar-refractivity contribution < 1.29 is 19.2 Å². The molecule has 0 fully saturated rings. The summed E-state index contributed by atoms with van der Waals surface area (Å²) in [6, 6.07) is 3.97. The fourth-order valence-corrected chi connectivity index (χ4v) is 1.75. The summed E-state index contributed by atoms with van der Waals surface area (Å²) in [5.41, 5.74) is 0.519. The lowest BCUT2D eigenvalue weighted by molar-refractivity contribution is -0.385. The number of esters is 1. The third-order valence-corrected chi connectivity index (χ3v) is 2.83. The van der Waals surface area contributed by atoms with Crippen LogP contribution in [0.3, 0.4) is 0 Å². The molecule has 2 N–H and O–H groups in total. The van der Waals surface area contributed by atoms with Gasteiger partial charge in [-0.1, -0.05) is 0 Å². The normalized spacial score (nSPS) is 9.73. The Morgan fingerprint density at radius 2 is 2.09 bits per heavy atom. The van der Waals surface area contributed by atoms with Crippen LogP contribution in [0, 0.1) is 17.0 Å². The maximum atomic E-state index is 11.9. The number of benzene rings is 1. The van der Waals surface area contributed by atoms with Crippen LogP contribution < -0.4 is 10.6 Å². The smallest absolute Gasteiger partial charge is 0.325 e. The highest BCUT2D eigenvalue weighted by Crippen LogP contribution is 2.18. The summed E-state index contributed by atoms with van der Waals surface area (Å²) in [5.74, 6) is -1.02. The van der Waals surface area contributed by atoms with Gasteiger partial charge in [0.25, 0.3) is 11.6 Å². The van der Waals surface area contributed by atoms with Crippen LogP contribution in [0.15, 0.2) is 18.2 Å². The minimum Gasteiger partial charge on any atom is -0.465 e. The lowest BCUT2D eigenvalue weighted by atomic mass is 10.1. The van der Waals surface area contributed by atoms with E-state index in [1.54, 1.807) is 6.92 Å². The van der Waals surface area contributed by atoms with Gasteiger partial charge in [0.15, 0.2) is 5.11 Å². The molecule has 8 nitrogen and oxygen atoms in total. The van der Waals surface area contributed by atoms with Gasteiger partial charge in [0.2, 0.25) is 0 Å². The third-order valence-electron chi connectivity index (χ3n) is 2.58. The third kappa shape index (κ3) is 5.09. The van der Waals surface area contributed by atoms with Gasteiger partial charge in [-0.05, 0) is 38.2 Å². The molecular formula is C13H15N3O5S. The molecule has 0 aromatic heterocycles. The van der Waals surface area contributed by atoms with Gasteiger partial charge in [-0.2, -0.15) is 0 Å². The van der Waals surface area contributed by atoms with Gasteiger partial charge in [0.05, 0.1) is 11.5 Å². The van der Waals surface area contributed by atoms with Crippen molar-refractivity contribution in [2.75, 3.05) is 13.2 Å². The quantitative estimate of drug-likeness (QED) is 0.360. The van der Waals surface area contributed by atoms with Crippen LogP contribution in [0.2, 0.25) is 0 Å². The van der Waals surface area contributed by atoms with Crippen LogP contribution >= 0.6 is 12.2 Å². The summed E-state index contributed by atoms with van der Waals surface area (Å²) in [6.07, 6.45) is 0. The van der Waals surface area contributed by atoms with E-state index in [-0.39, 0.29) is 29.5 Å². The highest BCUT2D eigenvalue weighted by atomic mass is 32.1. The number of nitro benzene ring substituents is 1. The lowest BCUT2D eigenvalue weighted by Gasteiger charge is -2.09. The van der Waals surface area contributed by atoms with Crippen molar-refractivity contribution in [3.8, 4) is 0 Å². The molecule has 1 aromatic carbocycles. The number of nitro groups is 1. The minimum absolute atomic E-state index is 0.0333. The first-order valence-corrected chi connectivity index (χ1v) is 6.75. The number of hydrogen-bond acceptors (Lipinski definition) is 6. The molecule has 9 heteroatoms. The second kappa shape index (κ2) is 8.03. The molecule has 0 heterocycles. The standard InChI is InChI=1S/C13H15N3O5S/c1-3-21-11(17)7-14-13(22)15-12(18)9-4-5-10(16(19)20)8(2)6-9/h4-6H,3,7H2,1-2H3,(H2,14,15,18,22). The van der Waals surface area contributed by atoms with E-state index in [0.29, 0.717) is 5.56 Å². The van der Waals surface area contributed by atoms with E-state index in [0.717, 1.165) is 0 Å². The van der Waals surface area contributed by atoms with Gasteiger partial charge in [0, 0.05) is 17.2 Å². The average Bonchev–Trinajstić information content (AvgIpc) is 2.44. The molecule has 1 rings (SSSR count). The number of hydrogen-bond donors (Lipinski definition) is 2. The van der Waals surface area contributed by atoms with Crippen molar-refractivity contribution in [2.45, 2.75) is 13.8 Å². The molecular weight excluding hydrogens is 310 g/mol. The summed E-state index contributed by atoms with van der Waals surface area (Å²) in [6.45, 7) is 3.30. The first kappa shape index (κ1) is 17.5. The van der Waals surface area contributed by atoms with Crippen molar-refractivity contribution in [3.05, 3.63) is 39.4 Å². The van der Waals surface area contributed by atoms with Gasteiger partial charge in [-0.15, -0.1) is 0 Å². The second-order valence-electron chi connectivity index (χ2n) is 4.20. The summed E-state index contributed by atoms with van der Waals surface area (Å²) < 4.78 is 4.70. The van der Waals surface area contributed by atoms with Crippen molar-refractivity contribution in [2.24, 2.45) is 0 Å². The fraction of sp³-hybridized carbons (Fsp3) is 0.308. The average molecular weight is 325 g/mol. The van der Waals surface area contributed by atoms with Crippen LogP contribution in [-0.2, 0) is 9.53 Å². The maximum Gasteiger partial charge on any atom is 0.325 e. The number of carbonyl (C=O) groups excluding carboxylic acids is 2. The molecule has 0 unspecified atom stereocenters. The van der Waals surface area contributed by atoms with Crippen molar-refractivity contribution >= 4 is 34.9 Å². The Kier molecular flexibility index (Phi) is 6.39. The van der Waals surface area contributed by atoms with Gasteiger partial charge < -0.3 is 10.1 Å². The molecule has 22 heavy (non-hydrogen) atoms. The largest absolute Gasteiger partial charge is 0.465 e. The molecule has 0 saturated carbocycles. The van der Waals surface area contributed by atoms with Crippen LogP contribution in [0.4, 0.5) is 5.69 Å². The van der Waals surface area contributed by atoms with Crippen molar-refractivity contribution in [1.82, 2.24) is 10.6 Å². The van der Waals surface area contributed by atoms with Gasteiger partial charge in [-0.3, -0.25) is 25.0 Å². The zero-order chi connectivity index (χ0) is 16.7. The molecule has 0 aliphatic carbocycles. The molecule has 0 aliphatic rings. The number of thiocarbonyl (C=S) groups is 1. The monoisotopic (exact) mass is 325 g/mol. The van der Waals surface area contributed by atoms with E-state index in [9.17, 15) is 19.7 Å². The highest BCUT2D eigenvalue weighted by molar-refractivity contribution is 7.80. The van der Waals surface area contributed by atoms with Crippen molar-refractivity contribution in [1.29, 1.82) is 0 Å². The Bertz CT molecular complexity index is 618. The van der Waals surface area contributed by atoms with Crippen molar-refractivity contribution in [3.63, 3.8) is 0 Å². The van der Waals surface area contributed by atoms with Gasteiger partial charge in [0.1, 0.15) is 6.54 Å². The Morgan fingerprint density at radius 3 is 2.64 bits per heavy atom. The van der Waals surface area contributed by atoms with E-state index >= 15 is 0 Å². The molecule has 118 valence electrons. The maximum absolute atomic E-state index is 11.9. The first-order valence-electron chi connectivity index (χ1n) is 6.35. The van der Waals surface area contributed by atoms with E-state index in [2.05, 4.69) is 10.6 Å². The molecule has 1 aromatic rings. The van der Waals surface area contributed by atoms with E-state index in [1.165, 1.54) is 25.1 Å². The van der Waals surface area contributed by atoms with Crippen LogP contribution in [-0.4, -0.2) is 35.1 Å². The number of ether oxygens (including phenoxy) is 1. The number of nitrogens with one attached hydrogen (secondary N) is 2. The van der Waals surface area contributed by atoms with Crippen LogP contribution in [0.25, 0.3) is 0 Å². The highest BCUT2D eigenvalue weighted by Gasteiger charge is 2.14. The Morgan fingerprint density at radius 1 is 1.41 bits per heavy atom. The van der Waals surface area contributed by atoms with Gasteiger partial charge in [-0.25, -0.2) is 0 Å². The molecule has 0 spiro atoms. The number of carbonyl (C=O) groups is 2. The summed E-state index contributed by atoms with van der Waals surface area (Å²) in [7, 11) is 0. The summed E-state index contributed by atoms with van der Waals surface area (Å²) in [5, 5.41) is 15.6. The van der Waals surface area contributed by atoms with Crippen LogP contribution in [0.5, 0.6) is 0 Å². The molecule has 0 bridgehead atoms. The zero-order valence-electron chi connectivity index (χ0n) is 12.0. The zero-order valence-corrected chi connectivity index (χ0v) is 12.9. The van der Waals surface area contributed by atoms with E-state index in [1.807, 2.05) is 0 Å². The predicted molar refractivity (Wildman–Crippen MR) is 82.5 cm³/mol. The number of nitrogens with zero attached hydrogens (tertiary/aromatic N) is 1. The summed E-state index contributed by atoms with van der Waals surface area (Å²) >= 11 is 4.87. The summed E-state index contributed by atoms with van der Waals surface area (Å²) in [4.78, 5) is 33.3. The Balaban J connectivity index is 2.62. The number of amides is 1. The topological polar surface area (TPSA) is 111 Å². The van der Waals surface area contributed by atoms with Gasteiger partial charge >= 0.3 is 5.97 Å². The molecule has 0 aliphatic heterocycles. The van der Waals surface area contributed by atoms with E-state index in [4.69, 9.17) is 17.0 Å². The SMILES string of the molecule is CCOC(=O)CNC(=S)NC(=O)c1ccc([N+](=O)[O-])c(C)c1. The minimum atomic E-state index is -0.528. The van der Waals surface area contributed by atoms with Crippen LogP contribution in [0.1, 0.15) is 22.8 Å². The number of rotatable bonds is 5. The first-order chi connectivity index (χ1) is 10.3. The molecule has 0 saturated heterocycles. The Hall–Kier alpha value is -2.55. The number of aryl methyl sites for hydroxylation is 1.